The Kier molecular flexibility index (Phi) is 5.34. The Morgan fingerprint density at radius 1 is 1.19 bits per heavy atom. The van der Waals surface area contributed by atoms with E-state index in [1.165, 1.54) is 18.2 Å². The van der Waals surface area contributed by atoms with E-state index in [4.69, 9.17) is 16.3 Å². The molecule has 0 spiro atoms. The van der Waals surface area contributed by atoms with E-state index in [-0.39, 0.29) is 18.2 Å². The van der Waals surface area contributed by atoms with Gasteiger partial charge in [-0.1, -0.05) is 23.7 Å². The van der Waals surface area contributed by atoms with Crippen molar-refractivity contribution in [2.24, 2.45) is 0 Å². The first-order chi connectivity index (χ1) is 10.0. The standard InChI is InChI=1S/C17H16ClFO2/c1-12(20)2-3-13-4-7-16(8-5-13)21-11-14-10-15(19)6-9-17(14)18/h4-10H,2-3,11H2,1H3. The van der Waals surface area contributed by atoms with Gasteiger partial charge in [-0.15, -0.1) is 0 Å². The number of ether oxygens (including phenoxy) is 1. The van der Waals surface area contributed by atoms with Gasteiger partial charge in [0.1, 0.15) is 24.0 Å². The number of ketones is 1. The van der Waals surface area contributed by atoms with Gasteiger partial charge in [-0.05, 0) is 49.2 Å². The Labute approximate surface area is 128 Å². The average molecular weight is 307 g/mol. The van der Waals surface area contributed by atoms with Crippen LogP contribution in [-0.4, -0.2) is 5.78 Å². The quantitative estimate of drug-likeness (QED) is 0.781. The molecule has 110 valence electrons. The van der Waals surface area contributed by atoms with Crippen molar-refractivity contribution in [2.75, 3.05) is 0 Å². The number of carbonyl (C=O) groups is 1. The van der Waals surface area contributed by atoms with Crippen molar-refractivity contribution in [2.45, 2.75) is 26.4 Å². The van der Waals surface area contributed by atoms with Crippen molar-refractivity contribution >= 4 is 17.4 Å². The normalized spacial score (nSPS) is 10.4. The highest BCUT2D eigenvalue weighted by atomic mass is 35.5. The van der Waals surface area contributed by atoms with Crippen LogP contribution in [0.5, 0.6) is 5.75 Å². The first-order valence-corrected chi connectivity index (χ1v) is 7.07. The summed E-state index contributed by atoms with van der Waals surface area (Å²) >= 11 is 5.98. The molecule has 4 heteroatoms. The summed E-state index contributed by atoms with van der Waals surface area (Å²) in [5.74, 6) is 0.524. The summed E-state index contributed by atoms with van der Waals surface area (Å²) in [6.45, 7) is 1.80. The monoisotopic (exact) mass is 306 g/mol. The van der Waals surface area contributed by atoms with E-state index in [0.29, 0.717) is 22.8 Å². The molecule has 0 amide bonds. The molecule has 0 N–H and O–H groups in total. The van der Waals surface area contributed by atoms with Crippen LogP contribution in [0.1, 0.15) is 24.5 Å². The van der Waals surface area contributed by atoms with E-state index < -0.39 is 0 Å². The Morgan fingerprint density at radius 2 is 1.90 bits per heavy atom. The second-order valence-electron chi connectivity index (χ2n) is 4.87. The van der Waals surface area contributed by atoms with E-state index in [1.54, 1.807) is 6.92 Å². The molecule has 2 nitrogen and oxygen atoms in total. The molecule has 0 saturated carbocycles. The van der Waals surface area contributed by atoms with Crippen molar-refractivity contribution in [3.63, 3.8) is 0 Å². The molecular weight excluding hydrogens is 291 g/mol. The van der Waals surface area contributed by atoms with Crippen LogP contribution in [0, 0.1) is 5.82 Å². The van der Waals surface area contributed by atoms with Crippen molar-refractivity contribution < 1.29 is 13.9 Å². The van der Waals surface area contributed by atoms with E-state index in [1.807, 2.05) is 24.3 Å². The summed E-state index contributed by atoms with van der Waals surface area (Å²) in [7, 11) is 0. The fourth-order valence-electron chi connectivity index (χ4n) is 1.89. The van der Waals surface area contributed by atoms with Gasteiger partial charge < -0.3 is 9.53 Å². The lowest BCUT2D eigenvalue weighted by Crippen LogP contribution is -1.98. The molecule has 0 heterocycles. The minimum atomic E-state index is -0.336. The molecule has 0 aliphatic rings. The molecule has 0 atom stereocenters. The van der Waals surface area contributed by atoms with Crippen molar-refractivity contribution in [3.8, 4) is 5.75 Å². The smallest absolute Gasteiger partial charge is 0.130 e. The van der Waals surface area contributed by atoms with Crippen molar-refractivity contribution in [1.82, 2.24) is 0 Å². The van der Waals surface area contributed by atoms with E-state index in [9.17, 15) is 9.18 Å². The van der Waals surface area contributed by atoms with E-state index in [0.717, 1.165) is 12.0 Å². The third kappa shape index (κ3) is 4.87. The maximum atomic E-state index is 13.1. The van der Waals surface area contributed by atoms with Gasteiger partial charge in [0.2, 0.25) is 0 Å². The molecular formula is C17H16ClFO2. The van der Waals surface area contributed by atoms with Gasteiger partial charge in [-0.2, -0.15) is 0 Å². The molecule has 2 rings (SSSR count). The molecule has 0 bridgehead atoms. The predicted molar refractivity (Wildman–Crippen MR) is 81.2 cm³/mol. The van der Waals surface area contributed by atoms with Crippen LogP contribution in [0.4, 0.5) is 4.39 Å². The van der Waals surface area contributed by atoms with Crippen LogP contribution in [-0.2, 0) is 17.8 Å². The molecule has 2 aromatic rings. The molecule has 0 aliphatic carbocycles. The number of hydrogen-bond acceptors (Lipinski definition) is 2. The zero-order chi connectivity index (χ0) is 15.2. The van der Waals surface area contributed by atoms with Crippen LogP contribution in [0.3, 0.4) is 0 Å². The Hall–Kier alpha value is -1.87. The molecule has 0 unspecified atom stereocenters. The van der Waals surface area contributed by atoms with Gasteiger partial charge in [0, 0.05) is 17.0 Å². The van der Waals surface area contributed by atoms with Crippen LogP contribution < -0.4 is 4.74 Å². The Balaban J connectivity index is 1.94. The molecule has 0 fully saturated rings. The topological polar surface area (TPSA) is 26.3 Å². The lowest BCUT2D eigenvalue weighted by molar-refractivity contribution is -0.116. The lowest BCUT2D eigenvalue weighted by atomic mass is 10.1. The van der Waals surface area contributed by atoms with Gasteiger partial charge in [-0.3, -0.25) is 0 Å². The molecule has 0 radical (unpaired) electrons. The van der Waals surface area contributed by atoms with Gasteiger partial charge in [0.05, 0.1) is 0 Å². The number of benzene rings is 2. The first-order valence-electron chi connectivity index (χ1n) is 6.69. The highest BCUT2D eigenvalue weighted by molar-refractivity contribution is 6.31. The number of rotatable bonds is 6. The fraction of sp³-hybridized carbons (Fsp3) is 0.235. The Bertz CT molecular complexity index is 623. The summed E-state index contributed by atoms with van der Waals surface area (Å²) in [5, 5.41) is 0.481. The van der Waals surface area contributed by atoms with Gasteiger partial charge >= 0.3 is 0 Å². The third-order valence-corrected chi connectivity index (χ3v) is 3.46. The number of aryl methyl sites for hydroxylation is 1. The minimum Gasteiger partial charge on any atom is -0.489 e. The fourth-order valence-corrected chi connectivity index (χ4v) is 2.06. The number of Topliss-reactive ketones (excluding diaryl/α,β-unsaturated/α-hetero) is 1. The molecule has 0 saturated heterocycles. The van der Waals surface area contributed by atoms with Gasteiger partial charge in [-0.25, -0.2) is 4.39 Å². The zero-order valence-corrected chi connectivity index (χ0v) is 12.5. The minimum absolute atomic E-state index is 0.177. The van der Waals surface area contributed by atoms with Crippen molar-refractivity contribution in [1.29, 1.82) is 0 Å². The van der Waals surface area contributed by atoms with Gasteiger partial charge in [0.25, 0.3) is 0 Å². The summed E-state index contributed by atoms with van der Waals surface area (Å²) in [6, 6.07) is 11.7. The van der Waals surface area contributed by atoms with Gasteiger partial charge in [0.15, 0.2) is 0 Å². The average Bonchev–Trinajstić information content (AvgIpc) is 2.47. The summed E-state index contributed by atoms with van der Waals surface area (Å²) in [6.07, 6.45) is 1.27. The van der Waals surface area contributed by atoms with Crippen molar-refractivity contribution in [3.05, 3.63) is 64.4 Å². The summed E-state index contributed by atoms with van der Waals surface area (Å²) in [4.78, 5) is 10.9. The lowest BCUT2D eigenvalue weighted by Gasteiger charge is -2.08. The van der Waals surface area contributed by atoms with E-state index in [2.05, 4.69) is 0 Å². The number of hydrogen-bond donors (Lipinski definition) is 0. The van der Waals surface area contributed by atoms with E-state index >= 15 is 0 Å². The highest BCUT2D eigenvalue weighted by Crippen LogP contribution is 2.20. The molecule has 2 aromatic carbocycles. The first kappa shape index (κ1) is 15.5. The number of halogens is 2. The summed E-state index contributed by atoms with van der Waals surface area (Å²) < 4.78 is 18.7. The maximum absolute atomic E-state index is 13.1. The second kappa shape index (κ2) is 7.23. The second-order valence-corrected chi connectivity index (χ2v) is 5.28. The zero-order valence-electron chi connectivity index (χ0n) is 11.7. The third-order valence-electron chi connectivity index (χ3n) is 3.09. The number of carbonyl (C=O) groups excluding carboxylic acids is 1. The summed E-state index contributed by atoms with van der Waals surface area (Å²) in [5.41, 5.74) is 1.69. The molecule has 0 aromatic heterocycles. The van der Waals surface area contributed by atoms with Crippen LogP contribution >= 0.6 is 11.6 Å². The van der Waals surface area contributed by atoms with Crippen LogP contribution in [0.2, 0.25) is 5.02 Å². The molecule has 21 heavy (non-hydrogen) atoms. The van der Waals surface area contributed by atoms with Crippen LogP contribution in [0.15, 0.2) is 42.5 Å². The Morgan fingerprint density at radius 3 is 2.57 bits per heavy atom. The predicted octanol–water partition coefficient (Wildman–Crippen LogP) is 4.58. The van der Waals surface area contributed by atoms with Crippen LogP contribution in [0.25, 0.3) is 0 Å². The SMILES string of the molecule is CC(=O)CCc1ccc(OCc2cc(F)ccc2Cl)cc1. The maximum Gasteiger partial charge on any atom is 0.130 e. The highest BCUT2D eigenvalue weighted by Gasteiger charge is 2.04. The molecule has 0 aliphatic heterocycles. The largest absolute Gasteiger partial charge is 0.489 e.